The Morgan fingerprint density at radius 1 is 0.917 bits per heavy atom. The lowest BCUT2D eigenvalue weighted by Gasteiger charge is -2.35. The van der Waals surface area contributed by atoms with Crippen molar-refractivity contribution in [2.24, 2.45) is 0 Å². The van der Waals surface area contributed by atoms with E-state index in [2.05, 4.69) is 0 Å². The van der Waals surface area contributed by atoms with E-state index < -0.39 is 21.7 Å². The minimum absolute atomic E-state index is 0.229. The molecule has 3 rings (SSSR count). The quantitative estimate of drug-likeness (QED) is 0.831. The lowest BCUT2D eigenvalue weighted by atomic mass is 10.2. The van der Waals surface area contributed by atoms with Crippen LogP contribution in [0.15, 0.2) is 47.4 Å². The molecule has 128 valence electrons. The maximum atomic E-state index is 13.3. The van der Waals surface area contributed by atoms with Gasteiger partial charge in [0, 0.05) is 43.0 Å². The summed E-state index contributed by atoms with van der Waals surface area (Å²) in [6, 6.07) is 9.63. The van der Waals surface area contributed by atoms with Crippen molar-refractivity contribution >= 4 is 27.3 Å². The molecule has 0 N–H and O–H groups in total. The summed E-state index contributed by atoms with van der Waals surface area (Å²) in [6.45, 7) is 1.40. The molecule has 0 saturated carbocycles. The standard InChI is InChI=1S/C16H15ClF2N2O2S/c17-12-2-1-3-15(8-12)20-4-6-21(7-5-20)24(22,23)16-10-13(18)9-14(19)11-16/h1-3,8-11H,4-7H2. The van der Waals surface area contributed by atoms with Crippen molar-refractivity contribution in [1.29, 1.82) is 0 Å². The van der Waals surface area contributed by atoms with Gasteiger partial charge in [-0.25, -0.2) is 17.2 Å². The number of rotatable bonds is 3. The number of halogens is 3. The predicted molar refractivity (Wildman–Crippen MR) is 88.8 cm³/mol. The van der Waals surface area contributed by atoms with Crippen LogP contribution in [0.25, 0.3) is 0 Å². The molecule has 2 aromatic carbocycles. The molecule has 0 radical (unpaired) electrons. The summed E-state index contributed by atoms with van der Waals surface area (Å²) in [7, 11) is -3.92. The van der Waals surface area contributed by atoms with Gasteiger partial charge in [0.25, 0.3) is 0 Å². The fraction of sp³-hybridized carbons (Fsp3) is 0.250. The van der Waals surface area contributed by atoms with Crippen molar-refractivity contribution in [2.45, 2.75) is 4.90 Å². The van der Waals surface area contributed by atoms with Crippen LogP contribution in [-0.2, 0) is 10.0 Å². The van der Waals surface area contributed by atoms with E-state index in [1.54, 1.807) is 6.07 Å². The fourth-order valence-electron chi connectivity index (χ4n) is 2.69. The van der Waals surface area contributed by atoms with Crippen LogP contribution < -0.4 is 4.90 Å². The van der Waals surface area contributed by atoms with Crippen molar-refractivity contribution in [1.82, 2.24) is 4.31 Å². The fourth-order valence-corrected chi connectivity index (χ4v) is 4.34. The van der Waals surface area contributed by atoms with E-state index in [1.165, 1.54) is 4.31 Å². The van der Waals surface area contributed by atoms with Gasteiger partial charge < -0.3 is 4.90 Å². The van der Waals surface area contributed by atoms with E-state index in [1.807, 2.05) is 23.1 Å². The molecule has 24 heavy (non-hydrogen) atoms. The number of hydrogen-bond donors (Lipinski definition) is 0. The van der Waals surface area contributed by atoms with Crippen molar-refractivity contribution < 1.29 is 17.2 Å². The molecule has 0 unspecified atom stereocenters. The average Bonchev–Trinajstić information content (AvgIpc) is 2.54. The van der Waals surface area contributed by atoms with E-state index in [0.717, 1.165) is 17.8 Å². The third kappa shape index (κ3) is 3.53. The molecule has 1 aliphatic rings. The van der Waals surface area contributed by atoms with Crippen molar-refractivity contribution in [2.75, 3.05) is 31.1 Å². The maximum absolute atomic E-state index is 13.3. The van der Waals surface area contributed by atoms with Crippen LogP contribution in [0.1, 0.15) is 0 Å². The van der Waals surface area contributed by atoms with Crippen molar-refractivity contribution in [3.05, 3.63) is 59.1 Å². The van der Waals surface area contributed by atoms with Gasteiger partial charge in [-0.3, -0.25) is 0 Å². The molecule has 1 saturated heterocycles. The van der Waals surface area contributed by atoms with Gasteiger partial charge in [-0.15, -0.1) is 0 Å². The number of benzene rings is 2. The Hall–Kier alpha value is -1.70. The Labute approximate surface area is 144 Å². The summed E-state index contributed by atoms with van der Waals surface area (Å²) >= 11 is 5.97. The van der Waals surface area contributed by atoms with Gasteiger partial charge in [0.2, 0.25) is 10.0 Å². The zero-order valence-electron chi connectivity index (χ0n) is 12.6. The molecule has 1 heterocycles. The first kappa shape index (κ1) is 17.1. The van der Waals surface area contributed by atoms with Crippen LogP contribution in [0.4, 0.5) is 14.5 Å². The van der Waals surface area contributed by atoms with E-state index in [4.69, 9.17) is 11.6 Å². The van der Waals surface area contributed by atoms with Crippen LogP contribution in [0, 0.1) is 11.6 Å². The molecule has 0 spiro atoms. The Kier molecular flexibility index (Phi) is 4.76. The Balaban J connectivity index is 1.76. The molecule has 0 aromatic heterocycles. The second-order valence-electron chi connectivity index (χ2n) is 5.48. The van der Waals surface area contributed by atoms with Gasteiger partial charge in [-0.05, 0) is 30.3 Å². The van der Waals surface area contributed by atoms with Crippen molar-refractivity contribution in [3.63, 3.8) is 0 Å². The van der Waals surface area contributed by atoms with Crippen LogP contribution in [0.2, 0.25) is 5.02 Å². The number of nitrogens with zero attached hydrogens (tertiary/aromatic N) is 2. The molecular formula is C16H15ClF2N2O2S. The summed E-state index contributed by atoms with van der Waals surface area (Å²) in [5.41, 5.74) is 0.913. The highest BCUT2D eigenvalue weighted by atomic mass is 35.5. The van der Waals surface area contributed by atoms with E-state index in [9.17, 15) is 17.2 Å². The highest BCUT2D eigenvalue weighted by Gasteiger charge is 2.29. The molecule has 1 aliphatic heterocycles. The summed E-state index contributed by atoms with van der Waals surface area (Å²) in [6.07, 6.45) is 0. The number of sulfonamides is 1. The summed E-state index contributed by atoms with van der Waals surface area (Å²) < 4.78 is 52.9. The zero-order chi connectivity index (χ0) is 17.3. The molecule has 0 atom stereocenters. The largest absolute Gasteiger partial charge is 0.369 e. The average molecular weight is 373 g/mol. The topological polar surface area (TPSA) is 40.6 Å². The van der Waals surface area contributed by atoms with Gasteiger partial charge in [-0.2, -0.15) is 4.31 Å². The second-order valence-corrected chi connectivity index (χ2v) is 7.85. The number of piperazine rings is 1. The Morgan fingerprint density at radius 3 is 2.12 bits per heavy atom. The van der Waals surface area contributed by atoms with Gasteiger partial charge >= 0.3 is 0 Å². The number of anilines is 1. The molecule has 8 heteroatoms. The van der Waals surface area contributed by atoms with Crippen LogP contribution in [0.3, 0.4) is 0 Å². The lowest BCUT2D eigenvalue weighted by Crippen LogP contribution is -2.48. The summed E-state index contributed by atoms with van der Waals surface area (Å²) in [5, 5.41) is 0.609. The van der Waals surface area contributed by atoms with Gasteiger partial charge in [0.05, 0.1) is 4.90 Å². The van der Waals surface area contributed by atoms with E-state index in [-0.39, 0.29) is 18.0 Å². The molecule has 0 amide bonds. The third-order valence-electron chi connectivity index (χ3n) is 3.89. The summed E-state index contributed by atoms with van der Waals surface area (Å²) in [4.78, 5) is 1.65. The number of hydrogen-bond acceptors (Lipinski definition) is 3. The molecule has 2 aromatic rings. The van der Waals surface area contributed by atoms with Crippen molar-refractivity contribution in [3.8, 4) is 0 Å². The second kappa shape index (κ2) is 6.66. The molecular weight excluding hydrogens is 358 g/mol. The molecule has 1 fully saturated rings. The molecule has 0 aliphatic carbocycles. The Bertz CT molecular complexity index is 833. The maximum Gasteiger partial charge on any atom is 0.243 e. The van der Waals surface area contributed by atoms with E-state index in [0.29, 0.717) is 24.2 Å². The SMILES string of the molecule is O=S(=O)(c1cc(F)cc(F)c1)N1CCN(c2cccc(Cl)c2)CC1. The first-order valence-corrected chi connectivity index (χ1v) is 9.15. The first-order chi connectivity index (χ1) is 11.4. The smallest absolute Gasteiger partial charge is 0.243 e. The van der Waals surface area contributed by atoms with Gasteiger partial charge in [0.15, 0.2) is 0 Å². The predicted octanol–water partition coefficient (Wildman–Crippen LogP) is 3.13. The highest BCUT2D eigenvalue weighted by molar-refractivity contribution is 7.89. The van der Waals surface area contributed by atoms with E-state index >= 15 is 0 Å². The van der Waals surface area contributed by atoms with Crippen LogP contribution in [0.5, 0.6) is 0 Å². The highest BCUT2D eigenvalue weighted by Crippen LogP contribution is 2.24. The first-order valence-electron chi connectivity index (χ1n) is 7.33. The Morgan fingerprint density at radius 2 is 1.54 bits per heavy atom. The minimum atomic E-state index is -3.92. The third-order valence-corrected chi connectivity index (χ3v) is 6.00. The van der Waals surface area contributed by atoms with Crippen LogP contribution >= 0.6 is 11.6 Å². The molecule has 4 nitrogen and oxygen atoms in total. The van der Waals surface area contributed by atoms with Crippen LogP contribution in [-0.4, -0.2) is 38.9 Å². The summed E-state index contributed by atoms with van der Waals surface area (Å²) in [5.74, 6) is -1.82. The normalized spacial score (nSPS) is 16.4. The molecule has 0 bridgehead atoms. The van der Waals surface area contributed by atoms with Gasteiger partial charge in [0.1, 0.15) is 11.6 Å². The minimum Gasteiger partial charge on any atom is -0.369 e. The lowest BCUT2D eigenvalue weighted by molar-refractivity contribution is 0.384. The zero-order valence-corrected chi connectivity index (χ0v) is 14.2. The monoisotopic (exact) mass is 372 g/mol. The van der Waals surface area contributed by atoms with Gasteiger partial charge in [-0.1, -0.05) is 17.7 Å².